The Balaban J connectivity index is 2.11. The van der Waals surface area contributed by atoms with Crippen LogP contribution in [0.5, 0.6) is 0 Å². The molecule has 2 aromatic carbocycles. The van der Waals surface area contributed by atoms with E-state index in [0.717, 1.165) is 5.56 Å². The summed E-state index contributed by atoms with van der Waals surface area (Å²) in [6, 6.07) is 10.5. The number of sulfonamides is 1. The molecule has 5 N–H and O–H groups in total. The average molecular weight is 295 g/mol. The zero-order valence-electron chi connectivity index (χ0n) is 10.5. The van der Waals surface area contributed by atoms with Crippen LogP contribution in [0.1, 0.15) is 5.56 Å². The highest BCUT2D eigenvalue weighted by atomic mass is 32.2. The molecule has 0 aromatic heterocycles. The Morgan fingerprint density at radius 1 is 1.10 bits per heavy atom. The zero-order chi connectivity index (χ0) is 14.8. The van der Waals surface area contributed by atoms with Crippen LogP contribution in [0.3, 0.4) is 0 Å². The number of nitrogens with one attached hydrogen (secondary N) is 1. The Bertz CT molecular complexity index is 715. The molecule has 0 radical (unpaired) electrons. The topological polar surface area (TPSA) is 98.2 Å². The number of halogens is 1. The zero-order valence-corrected chi connectivity index (χ0v) is 11.3. The standard InChI is InChI=1S/C13H14FN3O2S/c14-10-3-1-9(2-4-10)8-17-11-5-6-13(12(15)7-11)20(16,18)19/h1-7,17H,8,15H2,(H2,16,18,19). The van der Waals surface area contributed by atoms with E-state index in [-0.39, 0.29) is 16.4 Å². The number of anilines is 2. The maximum absolute atomic E-state index is 12.8. The molecule has 0 amide bonds. The summed E-state index contributed by atoms with van der Waals surface area (Å²) in [5.41, 5.74) is 7.27. The number of hydrogen-bond donors (Lipinski definition) is 3. The molecule has 0 aliphatic carbocycles. The van der Waals surface area contributed by atoms with E-state index in [1.54, 1.807) is 18.2 Å². The van der Waals surface area contributed by atoms with Crippen molar-refractivity contribution in [3.8, 4) is 0 Å². The molecule has 7 heteroatoms. The summed E-state index contributed by atoms with van der Waals surface area (Å²) in [6.07, 6.45) is 0. The van der Waals surface area contributed by atoms with Gasteiger partial charge in [-0.2, -0.15) is 0 Å². The van der Waals surface area contributed by atoms with E-state index < -0.39 is 10.0 Å². The predicted octanol–water partition coefficient (Wildman–Crippen LogP) is 1.67. The van der Waals surface area contributed by atoms with Crippen LogP contribution in [0.25, 0.3) is 0 Å². The molecule has 0 atom stereocenters. The number of nitrogen functional groups attached to an aromatic ring is 1. The Labute approximate surface area is 116 Å². The first-order valence-corrected chi connectivity index (χ1v) is 7.31. The van der Waals surface area contributed by atoms with Gasteiger partial charge in [0, 0.05) is 12.2 Å². The first-order valence-electron chi connectivity index (χ1n) is 5.77. The summed E-state index contributed by atoms with van der Waals surface area (Å²) in [5.74, 6) is -0.296. The Morgan fingerprint density at radius 3 is 2.30 bits per heavy atom. The quantitative estimate of drug-likeness (QED) is 0.747. The van der Waals surface area contributed by atoms with Crippen molar-refractivity contribution >= 4 is 21.4 Å². The molecule has 0 aliphatic heterocycles. The van der Waals surface area contributed by atoms with Gasteiger partial charge in [-0.3, -0.25) is 0 Å². The smallest absolute Gasteiger partial charge is 0.240 e. The lowest BCUT2D eigenvalue weighted by atomic mass is 10.2. The summed E-state index contributed by atoms with van der Waals surface area (Å²) >= 11 is 0. The van der Waals surface area contributed by atoms with Gasteiger partial charge in [-0.25, -0.2) is 17.9 Å². The van der Waals surface area contributed by atoms with Gasteiger partial charge in [0.05, 0.1) is 5.69 Å². The molecule has 106 valence electrons. The highest BCUT2D eigenvalue weighted by Gasteiger charge is 2.12. The van der Waals surface area contributed by atoms with E-state index in [2.05, 4.69) is 5.32 Å². The Hall–Kier alpha value is -2.12. The summed E-state index contributed by atoms with van der Waals surface area (Å²) in [6.45, 7) is 0.467. The molecule has 0 bridgehead atoms. The maximum atomic E-state index is 12.8. The summed E-state index contributed by atoms with van der Waals surface area (Å²) in [5, 5.41) is 8.08. The fourth-order valence-electron chi connectivity index (χ4n) is 1.72. The monoisotopic (exact) mass is 295 g/mol. The minimum Gasteiger partial charge on any atom is -0.398 e. The van der Waals surface area contributed by atoms with E-state index in [4.69, 9.17) is 10.9 Å². The van der Waals surface area contributed by atoms with Crippen LogP contribution in [0.2, 0.25) is 0 Å². The van der Waals surface area contributed by atoms with Crippen LogP contribution in [-0.4, -0.2) is 8.42 Å². The lowest BCUT2D eigenvalue weighted by Crippen LogP contribution is -2.14. The van der Waals surface area contributed by atoms with Gasteiger partial charge >= 0.3 is 0 Å². The van der Waals surface area contributed by atoms with Crippen molar-refractivity contribution in [1.82, 2.24) is 0 Å². The molecule has 0 spiro atoms. The summed E-state index contributed by atoms with van der Waals surface area (Å²) < 4.78 is 35.2. The molecule has 2 rings (SSSR count). The minimum atomic E-state index is -3.82. The van der Waals surface area contributed by atoms with Gasteiger partial charge in [-0.1, -0.05) is 12.1 Å². The molecule has 0 fully saturated rings. The van der Waals surface area contributed by atoms with Crippen LogP contribution in [0.4, 0.5) is 15.8 Å². The van der Waals surface area contributed by atoms with Gasteiger partial charge in [0.25, 0.3) is 0 Å². The van der Waals surface area contributed by atoms with Crippen molar-refractivity contribution in [3.05, 3.63) is 53.8 Å². The molecule has 0 saturated carbocycles. The molecule has 0 unspecified atom stereocenters. The third-order valence-corrected chi connectivity index (χ3v) is 3.71. The van der Waals surface area contributed by atoms with Gasteiger partial charge in [0.15, 0.2) is 0 Å². The van der Waals surface area contributed by atoms with Crippen molar-refractivity contribution in [3.63, 3.8) is 0 Å². The van der Waals surface area contributed by atoms with Gasteiger partial charge in [0.2, 0.25) is 10.0 Å². The van der Waals surface area contributed by atoms with E-state index in [9.17, 15) is 12.8 Å². The van der Waals surface area contributed by atoms with Crippen molar-refractivity contribution in [2.45, 2.75) is 11.4 Å². The largest absolute Gasteiger partial charge is 0.398 e. The molecular weight excluding hydrogens is 281 g/mol. The number of rotatable bonds is 4. The van der Waals surface area contributed by atoms with Crippen LogP contribution in [-0.2, 0) is 16.6 Å². The van der Waals surface area contributed by atoms with E-state index in [1.807, 2.05) is 0 Å². The van der Waals surface area contributed by atoms with Crippen LogP contribution in [0, 0.1) is 5.82 Å². The molecule has 0 saturated heterocycles. The molecular formula is C13H14FN3O2S. The first-order chi connectivity index (χ1) is 9.36. The van der Waals surface area contributed by atoms with Gasteiger partial charge in [-0.05, 0) is 35.9 Å². The second-order valence-corrected chi connectivity index (χ2v) is 5.81. The Morgan fingerprint density at radius 2 is 1.75 bits per heavy atom. The fourth-order valence-corrected chi connectivity index (χ4v) is 2.37. The minimum absolute atomic E-state index is 0.0802. The summed E-state index contributed by atoms with van der Waals surface area (Å²) in [7, 11) is -3.82. The number of primary sulfonamides is 1. The van der Waals surface area contributed by atoms with Crippen LogP contribution in [0.15, 0.2) is 47.4 Å². The van der Waals surface area contributed by atoms with Gasteiger partial charge < -0.3 is 11.1 Å². The van der Waals surface area contributed by atoms with Crippen LogP contribution >= 0.6 is 0 Å². The molecule has 5 nitrogen and oxygen atoms in total. The van der Waals surface area contributed by atoms with Crippen molar-refractivity contribution in [2.24, 2.45) is 5.14 Å². The van der Waals surface area contributed by atoms with Gasteiger partial charge in [-0.15, -0.1) is 0 Å². The van der Waals surface area contributed by atoms with E-state index in [0.29, 0.717) is 12.2 Å². The average Bonchev–Trinajstić information content (AvgIpc) is 2.36. The lowest BCUT2D eigenvalue weighted by molar-refractivity contribution is 0.598. The highest BCUT2D eigenvalue weighted by Crippen LogP contribution is 2.21. The molecule has 0 aliphatic rings. The maximum Gasteiger partial charge on any atom is 0.240 e. The SMILES string of the molecule is Nc1cc(NCc2ccc(F)cc2)ccc1S(N)(=O)=O. The predicted molar refractivity (Wildman–Crippen MR) is 76.0 cm³/mol. The van der Waals surface area contributed by atoms with Crippen molar-refractivity contribution in [1.29, 1.82) is 0 Å². The molecule has 20 heavy (non-hydrogen) atoms. The van der Waals surface area contributed by atoms with E-state index >= 15 is 0 Å². The lowest BCUT2D eigenvalue weighted by Gasteiger charge is -2.09. The fraction of sp³-hybridized carbons (Fsp3) is 0.0769. The number of benzene rings is 2. The van der Waals surface area contributed by atoms with Crippen molar-refractivity contribution in [2.75, 3.05) is 11.1 Å². The van der Waals surface area contributed by atoms with Crippen LogP contribution < -0.4 is 16.2 Å². The second-order valence-electron chi connectivity index (χ2n) is 4.28. The van der Waals surface area contributed by atoms with Gasteiger partial charge in [0.1, 0.15) is 10.7 Å². The molecule has 0 heterocycles. The highest BCUT2D eigenvalue weighted by molar-refractivity contribution is 7.89. The second kappa shape index (κ2) is 5.48. The molecule has 2 aromatic rings. The normalized spacial score (nSPS) is 11.3. The first kappa shape index (κ1) is 14.3. The van der Waals surface area contributed by atoms with E-state index in [1.165, 1.54) is 24.3 Å². The number of nitrogens with two attached hydrogens (primary N) is 2. The third-order valence-electron chi connectivity index (χ3n) is 2.73. The summed E-state index contributed by atoms with van der Waals surface area (Å²) in [4.78, 5) is -0.107. The Kier molecular flexibility index (Phi) is 3.91. The third kappa shape index (κ3) is 3.46. The number of hydrogen-bond acceptors (Lipinski definition) is 4. The van der Waals surface area contributed by atoms with Crippen molar-refractivity contribution < 1.29 is 12.8 Å².